The predicted octanol–water partition coefficient (Wildman–Crippen LogP) is 3.78. The highest BCUT2D eigenvalue weighted by Crippen LogP contribution is 2.26. The molecule has 0 unspecified atom stereocenters. The Morgan fingerprint density at radius 3 is 2.69 bits per heavy atom. The average Bonchev–Trinajstić information content (AvgIpc) is 2.61. The van der Waals surface area contributed by atoms with Gasteiger partial charge in [-0.3, -0.25) is 20.2 Å². The second kappa shape index (κ2) is 8.93. The Morgan fingerprint density at radius 1 is 1.31 bits per heavy atom. The van der Waals surface area contributed by atoms with Crippen LogP contribution in [0.1, 0.15) is 5.56 Å². The number of hydrogen-bond donors (Lipinski definition) is 2. The zero-order valence-electron chi connectivity index (χ0n) is 13.6. The standard InChI is InChI=1S/C17H14ClN3O4S/c1-25-15-5-3-2-4-11(15)6-9-16(22)20-17(26)19-14-8-7-12(21(23)24)10-13(14)18/h2-10H,1H3,(H2,19,20,22,26)/b9-6+. The van der Waals surface area contributed by atoms with E-state index < -0.39 is 10.8 Å². The number of non-ortho nitro benzene ring substituents is 1. The lowest BCUT2D eigenvalue weighted by molar-refractivity contribution is -0.384. The lowest BCUT2D eigenvalue weighted by atomic mass is 10.2. The van der Waals surface area contributed by atoms with E-state index in [2.05, 4.69) is 10.6 Å². The van der Waals surface area contributed by atoms with Crippen LogP contribution in [0.4, 0.5) is 11.4 Å². The summed E-state index contributed by atoms with van der Waals surface area (Å²) in [5.41, 5.74) is 0.939. The molecule has 0 atom stereocenters. The van der Waals surface area contributed by atoms with Gasteiger partial charge in [0.1, 0.15) is 5.75 Å². The molecule has 0 radical (unpaired) electrons. The van der Waals surface area contributed by atoms with Crippen molar-refractivity contribution in [2.24, 2.45) is 0 Å². The number of para-hydroxylation sites is 1. The van der Waals surface area contributed by atoms with E-state index in [-0.39, 0.29) is 15.8 Å². The Morgan fingerprint density at radius 2 is 2.04 bits per heavy atom. The van der Waals surface area contributed by atoms with Crippen LogP contribution in [-0.2, 0) is 4.79 Å². The zero-order valence-corrected chi connectivity index (χ0v) is 15.1. The number of thiocarbonyl (C=S) groups is 1. The number of halogens is 1. The van der Waals surface area contributed by atoms with E-state index in [4.69, 9.17) is 28.6 Å². The van der Waals surface area contributed by atoms with Crippen molar-refractivity contribution in [1.29, 1.82) is 0 Å². The summed E-state index contributed by atoms with van der Waals surface area (Å²) in [6, 6.07) is 11.1. The summed E-state index contributed by atoms with van der Waals surface area (Å²) in [4.78, 5) is 22.1. The van der Waals surface area contributed by atoms with Gasteiger partial charge in [0.05, 0.1) is 22.7 Å². The third kappa shape index (κ3) is 5.27. The first-order valence-corrected chi connectivity index (χ1v) is 8.06. The number of benzene rings is 2. The van der Waals surface area contributed by atoms with Gasteiger partial charge in [0.25, 0.3) is 5.69 Å². The van der Waals surface area contributed by atoms with Gasteiger partial charge in [0, 0.05) is 23.8 Å². The third-order valence-electron chi connectivity index (χ3n) is 3.20. The lowest BCUT2D eigenvalue weighted by Crippen LogP contribution is -2.32. The van der Waals surface area contributed by atoms with E-state index in [1.54, 1.807) is 25.3 Å². The van der Waals surface area contributed by atoms with Crippen molar-refractivity contribution in [3.05, 3.63) is 69.2 Å². The average molecular weight is 392 g/mol. The fraction of sp³-hybridized carbons (Fsp3) is 0.0588. The molecule has 0 aliphatic heterocycles. The van der Waals surface area contributed by atoms with Crippen molar-refractivity contribution in [3.63, 3.8) is 0 Å². The van der Waals surface area contributed by atoms with Crippen LogP contribution >= 0.6 is 23.8 Å². The summed E-state index contributed by atoms with van der Waals surface area (Å²) in [6.45, 7) is 0. The topological polar surface area (TPSA) is 93.5 Å². The van der Waals surface area contributed by atoms with E-state index >= 15 is 0 Å². The summed E-state index contributed by atoms with van der Waals surface area (Å²) < 4.78 is 5.19. The number of carbonyl (C=O) groups excluding carboxylic acids is 1. The minimum absolute atomic E-state index is 0.00966. The first-order chi connectivity index (χ1) is 12.4. The smallest absolute Gasteiger partial charge is 0.271 e. The zero-order chi connectivity index (χ0) is 19.1. The molecule has 7 nitrogen and oxygen atoms in total. The highest BCUT2D eigenvalue weighted by molar-refractivity contribution is 7.80. The van der Waals surface area contributed by atoms with E-state index in [1.807, 2.05) is 12.1 Å². The van der Waals surface area contributed by atoms with E-state index in [9.17, 15) is 14.9 Å². The van der Waals surface area contributed by atoms with Crippen molar-refractivity contribution in [1.82, 2.24) is 5.32 Å². The molecule has 0 aliphatic carbocycles. The highest BCUT2D eigenvalue weighted by Gasteiger charge is 2.11. The first kappa shape index (κ1) is 19.4. The summed E-state index contributed by atoms with van der Waals surface area (Å²) in [6.07, 6.45) is 2.90. The molecule has 2 aromatic carbocycles. The Labute approximate surface area is 159 Å². The minimum atomic E-state index is -0.557. The Bertz CT molecular complexity index is 886. The number of methoxy groups -OCH3 is 1. The van der Waals surface area contributed by atoms with E-state index in [1.165, 1.54) is 24.3 Å². The number of carbonyl (C=O) groups is 1. The van der Waals surface area contributed by atoms with Crippen molar-refractivity contribution in [2.75, 3.05) is 12.4 Å². The fourth-order valence-corrected chi connectivity index (χ4v) is 2.43. The van der Waals surface area contributed by atoms with Crippen LogP contribution in [0.5, 0.6) is 5.75 Å². The Kier molecular flexibility index (Phi) is 6.65. The highest BCUT2D eigenvalue weighted by atomic mass is 35.5. The normalized spacial score (nSPS) is 10.4. The number of rotatable bonds is 5. The number of hydrogen-bond acceptors (Lipinski definition) is 5. The van der Waals surface area contributed by atoms with Crippen LogP contribution < -0.4 is 15.4 Å². The molecule has 134 valence electrons. The predicted molar refractivity (Wildman–Crippen MR) is 104 cm³/mol. The van der Waals surface area contributed by atoms with Crippen LogP contribution in [0.2, 0.25) is 5.02 Å². The molecule has 0 heterocycles. The number of nitrogens with zero attached hydrogens (tertiary/aromatic N) is 1. The van der Waals surface area contributed by atoms with Crippen LogP contribution in [0, 0.1) is 10.1 Å². The second-order valence-electron chi connectivity index (χ2n) is 4.94. The molecule has 0 saturated carbocycles. The third-order valence-corrected chi connectivity index (χ3v) is 3.72. The molecule has 0 fully saturated rings. The van der Waals surface area contributed by atoms with Gasteiger partial charge in [-0.15, -0.1) is 0 Å². The van der Waals surface area contributed by atoms with Gasteiger partial charge in [-0.1, -0.05) is 29.8 Å². The number of anilines is 1. The molecule has 1 amide bonds. The van der Waals surface area contributed by atoms with Gasteiger partial charge in [-0.25, -0.2) is 0 Å². The first-order valence-electron chi connectivity index (χ1n) is 7.27. The van der Waals surface area contributed by atoms with E-state index in [0.29, 0.717) is 11.4 Å². The molecule has 2 N–H and O–H groups in total. The number of nitro groups is 1. The molecule has 0 aliphatic rings. The molecule has 26 heavy (non-hydrogen) atoms. The van der Waals surface area contributed by atoms with Gasteiger partial charge in [-0.05, 0) is 30.4 Å². The molecule has 0 saturated heterocycles. The monoisotopic (exact) mass is 391 g/mol. The van der Waals surface area contributed by atoms with Gasteiger partial charge < -0.3 is 10.1 Å². The van der Waals surface area contributed by atoms with Gasteiger partial charge in [0.15, 0.2) is 5.11 Å². The Balaban J connectivity index is 1.98. The van der Waals surface area contributed by atoms with Crippen molar-refractivity contribution in [3.8, 4) is 5.75 Å². The maximum Gasteiger partial charge on any atom is 0.271 e. The van der Waals surface area contributed by atoms with Crippen molar-refractivity contribution >= 4 is 52.3 Å². The van der Waals surface area contributed by atoms with Gasteiger partial charge in [-0.2, -0.15) is 0 Å². The molecule has 0 bridgehead atoms. The van der Waals surface area contributed by atoms with Crippen LogP contribution in [-0.4, -0.2) is 23.1 Å². The maximum absolute atomic E-state index is 12.0. The lowest BCUT2D eigenvalue weighted by Gasteiger charge is -2.09. The van der Waals surface area contributed by atoms with Crippen LogP contribution in [0.15, 0.2) is 48.5 Å². The summed E-state index contributed by atoms with van der Waals surface area (Å²) in [5.74, 6) is 0.182. The van der Waals surface area contributed by atoms with Gasteiger partial charge >= 0.3 is 0 Å². The number of nitro benzene ring substituents is 1. The molecule has 0 spiro atoms. The van der Waals surface area contributed by atoms with Crippen LogP contribution in [0.3, 0.4) is 0 Å². The molecule has 2 aromatic rings. The minimum Gasteiger partial charge on any atom is -0.496 e. The van der Waals surface area contributed by atoms with Gasteiger partial charge in [0.2, 0.25) is 5.91 Å². The second-order valence-corrected chi connectivity index (χ2v) is 5.76. The summed E-state index contributed by atoms with van der Waals surface area (Å²) >= 11 is 11.0. The van der Waals surface area contributed by atoms with Crippen LogP contribution in [0.25, 0.3) is 6.08 Å². The number of amides is 1. The molecular weight excluding hydrogens is 378 g/mol. The maximum atomic E-state index is 12.0. The Hall–Kier alpha value is -2.97. The van der Waals surface area contributed by atoms with Crippen molar-refractivity contribution < 1.29 is 14.5 Å². The summed E-state index contributed by atoms with van der Waals surface area (Å²) in [5, 5.41) is 16.0. The molecule has 0 aromatic heterocycles. The molecule has 2 rings (SSSR count). The molecule has 9 heteroatoms. The van der Waals surface area contributed by atoms with E-state index in [0.717, 1.165) is 5.56 Å². The quantitative estimate of drug-likeness (QED) is 0.348. The summed E-state index contributed by atoms with van der Waals surface area (Å²) in [7, 11) is 1.54. The SMILES string of the molecule is COc1ccccc1/C=C/C(=O)NC(=S)Nc1ccc([N+](=O)[O-])cc1Cl. The number of nitrogens with one attached hydrogen (secondary N) is 2. The number of ether oxygens (including phenoxy) is 1. The fourth-order valence-electron chi connectivity index (χ4n) is 2.00. The molecular formula is C17H14ClN3O4S. The van der Waals surface area contributed by atoms with Crippen molar-refractivity contribution in [2.45, 2.75) is 0 Å². The largest absolute Gasteiger partial charge is 0.496 e.